The fourth-order valence-electron chi connectivity index (χ4n) is 2.01. The van der Waals surface area contributed by atoms with Crippen molar-refractivity contribution >= 4 is 16.3 Å². The Bertz CT molecular complexity index is 641. The minimum atomic E-state index is 0.680. The number of aryl methyl sites for hydroxylation is 1. The molecule has 3 aromatic rings. The van der Waals surface area contributed by atoms with Crippen LogP contribution in [0.4, 0.5) is 0 Å². The molecular weight excluding hydrogens is 244 g/mol. The number of rotatable bonds is 4. The quantitative estimate of drug-likeness (QED) is 0.781. The Morgan fingerprint density at radius 3 is 2.78 bits per heavy atom. The van der Waals surface area contributed by atoms with Crippen molar-refractivity contribution in [2.24, 2.45) is 5.73 Å². The van der Waals surface area contributed by atoms with Gasteiger partial charge in [-0.3, -0.25) is 4.40 Å². The molecule has 0 fully saturated rings. The zero-order valence-electron chi connectivity index (χ0n) is 9.91. The van der Waals surface area contributed by atoms with Gasteiger partial charge in [-0.15, -0.1) is 21.5 Å². The lowest BCUT2D eigenvalue weighted by molar-refractivity contribution is 0.772. The molecule has 0 spiro atoms. The second kappa shape index (κ2) is 4.88. The van der Waals surface area contributed by atoms with Gasteiger partial charge in [-0.1, -0.05) is 30.3 Å². The van der Waals surface area contributed by atoms with E-state index in [1.807, 2.05) is 18.2 Å². The summed E-state index contributed by atoms with van der Waals surface area (Å²) in [7, 11) is 0. The zero-order valence-corrected chi connectivity index (χ0v) is 10.7. The molecule has 3 rings (SSSR count). The van der Waals surface area contributed by atoms with Gasteiger partial charge in [0.15, 0.2) is 0 Å². The molecule has 0 radical (unpaired) electrons. The van der Waals surface area contributed by atoms with Crippen molar-refractivity contribution in [3.05, 3.63) is 41.5 Å². The summed E-state index contributed by atoms with van der Waals surface area (Å²) >= 11 is 1.62. The molecule has 0 atom stereocenters. The summed E-state index contributed by atoms with van der Waals surface area (Å²) in [6.45, 7) is 0.680. The second-order valence-electron chi connectivity index (χ2n) is 4.11. The number of benzene rings is 1. The lowest BCUT2D eigenvalue weighted by Crippen LogP contribution is -2.03. The SMILES string of the molecule is NCCCc1nnc2scc(-c3ccccc3)n12. The molecule has 0 bridgehead atoms. The highest BCUT2D eigenvalue weighted by Crippen LogP contribution is 2.26. The molecule has 0 aliphatic rings. The van der Waals surface area contributed by atoms with Crippen molar-refractivity contribution in [1.82, 2.24) is 14.6 Å². The highest BCUT2D eigenvalue weighted by Gasteiger charge is 2.12. The maximum absolute atomic E-state index is 5.56. The zero-order chi connectivity index (χ0) is 12.4. The van der Waals surface area contributed by atoms with E-state index in [0.29, 0.717) is 6.54 Å². The highest BCUT2D eigenvalue weighted by atomic mass is 32.1. The van der Waals surface area contributed by atoms with Gasteiger partial charge in [0.2, 0.25) is 4.96 Å². The van der Waals surface area contributed by atoms with Crippen molar-refractivity contribution in [1.29, 1.82) is 0 Å². The van der Waals surface area contributed by atoms with Gasteiger partial charge >= 0.3 is 0 Å². The van der Waals surface area contributed by atoms with E-state index in [4.69, 9.17) is 5.73 Å². The van der Waals surface area contributed by atoms with Gasteiger partial charge in [-0.25, -0.2) is 0 Å². The molecule has 2 aromatic heterocycles. The van der Waals surface area contributed by atoms with E-state index < -0.39 is 0 Å². The van der Waals surface area contributed by atoms with Crippen molar-refractivity contribution in [2.75, 3.05) is 6.54 Å². The van der Waals surface area contributed by atoms with E-state index in [-0.39, 0.29) is 0 Å². The number of nitrogens with zero attached hydrogens (tertiary/aromatic N) is 3. The van der Waals surface area contributed by atoms with Gasteiger partial charge in [0, 0.05) is 11.8 Å². The molecule has 0 aliphatic heterocycles. The molecule has 4 nitrogen and oxygen atoms in total. The third-order valence-electron chi connectivity index (χ3n) is 2.89. The van der Waals surface area contributed by atoms with Crippen LogP contribution in [0.5, 0.6) is 0 Å². The Labute approximate surface area is 109 Å². The molecule has 0 saturated carbocycles. The molecule has 0 unspecified atom stereocenters. The number of hydrogen-bond donors (Lipinski definition) is 1. The van der Waals surface area contributed by atoms with Gasteiger partial charge in [-0.05, 0) is 18.5 Å². The van der Waals surface area contributed by atoms with Gasteiger partial charge < -0.3 is 5.73 Å². The average Bonchev–Trinajstić information content (AvgIpc) is 2.99. The predicted octanol–water partition coefficient (Wildman–Crippen LogP) is 2.35. The number of hydrogen-bond acceptors (Lipinski definition) is 4. The van der Waals surface area contributed by atoms with E-state index in [1.54, 1.807) is 11.3 Å². The van der Waals surface area contributed by atoms with Crippen LogP contribution in [0.1, 0.15) is 12.2 Å². The molecule has 0 amide bonds. The van der Waals surface area contributed by atoms with Crippen LogP contribution >= 0.6 is 11.3 Å². The Balaban J connectivity index is 2.09. The minimum absolute atomic E-state index is 0.680. The standard InChI is InChI=1S/C13H14N4S/c14-8-4-7-12-15-16-13-17(12)11(9-18-13)10-5-2-1-3-6-10/h1-3,5-6,9H,4,7-8,14H2. The Kier molecular flexibility index (Phi) is 3.08. The molecule has 2 N–H and O–H groups in total. The number of thiazole rings is 1. The van der Waals surface area contributed by atoms with Crippen LogP contribution in [0.2, 0.25) is 0 Å². The third kappa shape index (κ3) is 1.91. The van der Waals surface area contributed by atoms with E-state index in [9.17, 15) is 0 Å². The van der Waals surface area contributed by atoms with Crippen LogP contribution < -0.4 is 5.73 Å². The summed E-state index contributed by atoms with van der Waals surface area (Å²) in [6.07, 6.45) is 1.80. The summed E-state index contributed by atoms with van der Waals surface area (Å²) in [5, 5.41) is 10.6. The maximum atomic E-state index is 5.56. The lowest BCUT2D eigenvalue weighted by atomic mass is 10.2. The normalized spacial score (nSPS) is 11.2. The van der Waals surface area contributed by atoms with E-state index in [0.717, 1.165) is 29.3 Å². The van der Waals surface area contributed by atoms with E-state index in [1.165, 1.54) is 5.56 Å². The Morgan fingerprint density at radius 1 is 1.17 bits per heavy atom. The summed E-state index contributed by atoms with van der Waals surface area (Å²) in [4.78, 5) is 0.945. The Hall–Kier alpha value is -1.72. The number of nitrogens with two attached hydrogens (primary N) is 1. The van der Waals surface area contributed by atoms with E-state index >= 15 is 0 Å². The average molecular weight is 258 g/mol. The lowest BCUT2D eigenvalue weighted by Gasteiger charge is -2.02. The molecule has 18 heavy (non-hydrogen) atoms. The first-order chi connectivity index (χ1) is 8.90. The van der Waals surface area contributed by atoms with Crippen LogP contribution in [-0.4, -0.2) is 21.1 Å². The molecule has 92 valence electrons. The number of fused-ring (bicyclic) bond motifs is 1. The van der Waals surface area contributed by atoms with Crippen molar-refractivity contribution < 1.29 is 0 Å². The fraction of sp³-hybridized carbons (Fsp3) is 0.231. The van der Waals surface area contributed by atoms with Crippen LogP contribution in [-0.2, 0) is 6.42 Å². The Morgan fingerprint density at radius 2 is 2.00 bits per heavy atom. The minimum Gasteiger partial charge on any atom is -0.330 e. The van der Waals surface area contributed by atoms with Gasteiger partial charge in [0.05, 0.1) is 5.69 Å². The van der Waals surface area contributed by atoms with E-state index in [2.05, 4.69) is 32.1 Å². The molecule has 2 heterocycles. The monoisotopic (exact) mass is 258 g/mol. The van der Waals surface area contributed by atoms with Gasteiger partial charge in [0.25, 0.3) is 0 Å². The molecule has 0 aliphatic carbocycles. The second-order valence-corrected chi connectivity index (χ2v) is 4.95. The highest BCUT2D eigenvalue weighted by molar-refractivity contribution is 7.15. The topological polar surface area (TPSA) is 56.2 Å². The maximum Gasteiger partial charge on any atom is 0.216 e. The molecule has 0 saturated heterocycles. The van der Waals surface area contributed by atoms with Gasteiger partial charge in [0.1, 0.15) is 5.82 Å². The summed E-state index contributed by atoms with van der Waals surface area (Å²) in [5.74, 6) is 0.996. The summed E-state index contributed by atoms with van der Waals surface area (Å²) < 4.78 is 2.13. The third-order valence-corrected chi connectivity index (χ3v) is 3.71. The summed E-state index contributed by atoms with van der Waals surface area (Å²) in [5.41, 5.74) is 7.91. The van der Waals surface area contributed by atoms with Crippen molar-refractivity contribution in [3.8, 4) is 11.3 Å². The summed E-state index contributed by atoms with van der Waals surface area (Å²) in [6, 6.07) is 10.3. The van der Waals surface area contributed by atoms with Crippen LogP contribution in [0, 0.1) is 0 Å². The smallest absolute Gasteiger partial charge is 0.216 e. The largest absolute Gasteiger partial charge is 0.330 e. The molecule has 5 heteroatoms. The van der Waals surface area contributed by atoms with Crippen molar-refractivity contribution in [2.45, 2.75) is 12.8 Å². The first-order valence-corrected chi connectivity index (χ1v) is 6.85. The van der Waals surface area contributed by atoms with Crippen LogP contribution in [0.3, 0.4) is 0 Å². The van der Waals surface area contributed by atoms with Gasteiger partial charge in [-0.2, -0.15) is 0 Å². The predicted molar refractivity (Wildman–Crippen MR) is 73.7 cm³/mol. The first-order valence-electron chi connectivity index (χ1n) is 5.97. The first kappa shape index (κ1) is 11.4. The van der Waals surface area contributed by atoms with Crippen molar-refractivity contribution in [3.63, 3.8) is 0 Å². The molecular formula is C13H14N4S. The fourth-order valence-corrected chi connectivity index (χ4v) is 2.86. The van der Waals surface area contributed by atoms with Crippen LogP contribution in [0.25, 0.3) is 16.2 Å². The molecule has 1 aromatic carbocycles. The number of aromatic nitrogens is 3. The van der Waals surface area contributed by atoms with Crippen LogP contribution in [0.15, 0.2) is 35.7 Å².